The Morgan fingerprint density at radius 3 is 2.74 bits per heavy atom. The molecule has 0 fully saturated rings. The summed E-state index contributed by atoms with van der Waals surface area (Å²) in [4.78, 5) is 0. The van der Waals surface area contributed by atoms with Gasteiger partial charge in [-0.15, -0.1) is 0 Å². The zero-order valence-electron chi connectivity index (χ0n) is 12.0. The second-order valence-electron chi connectivity index (χ2n) is 4.83. The zero-order chi connectivity index (χ0) is 14.1. The summed E-state index contributed by atoms with van der Waals surface area (Å²) in [5.74, 6) is 1.48. The second-order valence-corrected chi connectivity index (χ2v) is 5.68. The van der Waals surface area contributed by atoms with Crippen molar-refractivity contribution in [3.05, 3.63) is 28.2 Å². The highest BCUT2D eigenvalue weighted by molar-refractivity contribution is 9.10. The Balaban J connectivity index is 2.46. The summed E-state index contributed by atoms with van der Waals surface area (Å²) in [6, 6.07) is 6.11. The van der Waals surface area contributed by atoms with Crippen LogP contribution >= 0.6 is 15.9 Å². The number of hydrogen-bond donors (Lipinski definition) is 1. The molecule has 0 saturated heterocycles. The lowest BCUT2D eigenvalue weighted by Crippen LogP contribution is -2.15. The number of nitrogens with one attached hydrogen (secondary N) is 1. The van der Waals surface area contributed by atoms with Gasteiger partial charge in [0.25, 0.3) is 0 Å². The van der Waals surface area contributed by atoms with Crippen LogP contribution in [0.4, 0.5) is 0 Å². The van der Waals surface area contributed by atoms with Crippen molar-refractivity contribution in [3.63, 3.8) is 0 Å². The first-order valence-corrected chi connectivity index (χ1v) is 7.63. The quantitative estimate of drug-likeness (QED) is 0.702. The third-order valence-electron chi connectivity index (χ3n) is 2.54. The minimum Gasteiger partial charge on any atom is -0.490 e. The van der Waals surface area contributed by atoms with E-state index in [0.29, 0.717) is 19.1 Å². The summed E-state index contributed by atoms with van der Waals surface area (Å²) in [5.41, 5.74) is 1.17. The highest BCUT2D eigenvalue weighted by Crippen LogP contribution is 2.29. The van der Waals surface area contributed by atoms with E-state index in [1.807, 2.05) is 12.1 Å². The van der Waals surface area contributed by atoms with Gasteiger partial charge in [0.2, 0.25) is 0 Å². The van der Waals surface area contributed by atoms with Crippen LogP contribution in [0.5, 0.6) is 5.75 Å². The molecule has 0 radical (unpaired) electrons. The van der Waals surface area contributed by atoms with Crippen molar-refractivity contribution in [1.82, 2.24) is 5.32 Å². The molecule has 0 saturated carbocycles. The van der Waals surface area contributed by atoms with E-state index < -0.39 is 0 Å². The number of para-hydroxylation sites is 1. The van der Waals surface area contributed by atoms with Gasteiger partial charge >= 0.3 is 0 Å². The molecule has 0 aliphatic heterocycles. The summed E-state index contributed by atoms with van der Waals surface area (Å²) in [7, 11) is 0. The Kier molecular flexibility index (Phi) is 8.10. The number of halogens is 1. The standard InChI is InChI=1S/C15H24BrNO2/c1-4-17-10-13-6-5-7-14(16)15(13)19-9-8-18-11-12(2)3/h5-7,12,17H,4,8-11H2,1-3H3. The first-order chi connectivity index (χ1) is 9.15. The fourth-order valence-corrected chi connectivity index (χ4v) is 2.16. The fourth-order valence-electron chi connectivity index (χ4n) is 1.64. The maximum absolute atomic E-state index is 5.83. The van der Waals surface area contributed by atoms with Gasteiger partial charge in [-0.3, -0.25) is 0 Å². The SMILES string of the molecule is CCNCc1cccc(Br)c1OCCOCC(C)C. The first-order valence-electron chi connectivity index (χ1n) is 6.83. The van der Waals surface area contributed by atoms with Gasteiger partial charge in [0, 0.05) is 18.7 Å². The maximum atomic E-state index is 5.83. The van der Waals surface area contributed by atoms with Gasteiger partial charge in [0.15, 0.2) is 0 Å². The Hall–Kier alpha value is -0.580. The van der Waals surface area contributed by atoms with Crippen molar-refractivity contribution < 1.29 is 9.47 Å². The molecule has 0 atom stereocenters. The van der Waals surface area contributed by atoms with Crippen molar-refractivity contribution in [2.45, 2.75) is 27.3 Å². The van der Waals surface area contributed by atoms with E-state index in [0.717, 1.165) is 29.9 Å². The predicted molar refractivity (Wildman–Crippen MR) is 82.7 cm³/mol. The summed E-state index contributed by atoms with van der Waals surface area (Å²) in [6.45, 7) is 10.1. The fraction of sp³-hybridized carbons (Fsp3) is 0.600. The molecule has 0 bridgehead atoms. The molecule has 0 aliphatic carbocycles. The van der Waals surface area contributed by atoms with Crippen LogP contribution in [0.25, 0.3) is 0 Å². The number of ether oxygens (including phenoxy) is 2. The van der Waals surface area contributed by atoms with Crippen LogP contribution in [0.1, 0.15) is 26.3 Å². The summed E-state index contributed by atoms with van der Waals surface area (Å²) < 4.78 is 12.3. The van der Waals surface area contributed by atoms with Crippen LogP contribution < -0.4 is 10.1 Å². The summed E-state index contributed by atoms with van der Waals surface area (Å²) in [6.07, 6.45) is 0. The van der Waals surface area contributed by atoms with Crippen LogP contribution in [-0.2, 0) is 11.3 Å². The Bertz CT molecular complexity index is 369. The molecule has 108 valence electrons. The summed E-state index contributed by atoms with van der Waals surface area (Å²) >= 11 is 3.54. The van der Waals surface area contributed by atoms with E-state index in [4.69, 9.17) is 9.47 Å². The molecular weight excluding hydrogens is 306 g/mol. The molecular formula is C15H24BrNO2. The van der Waals surface area contributed by atoms with E-state index in [1.54, 1.807) is 0 Å². The third kappa shape index (κ3) is 6.41. The smallest absolute Gasteiger partial charge is 0.138 e. The Labute approximate surface area is 124 Å². The molecule has 0 aliphatic rings. The van der Waals surface area contributed by atoms with Crippen molar-refractivity contribution in [3.8, 4) is 5.75 Å². The summed E-state index contributed by atoms with van der Waals surface area (Å²) in [5, 5.41) is 3.32. The lowest BCUT2D eigenvalue weighted by Gasteiger charge is -2.14. The topological polar surface area (TPSA) is 30.5 Å². The molecule has 4 heteroatoms. The molecule has 1 aromatic rings. The minimum absolute atomic E-state index is 0.563. The molecule has 0 amide bonds. The molecule has 0 heterocycles. The molecule has 1 rings (SSSR count). The van der Waals surface area contributed by atoms with Gasteiger partial charge in [0.1, 0.15) is 12.4 Å². The van der Waals surface area contributed by atoms with Gasteiger partial charge in [-0.1, -0.05) is 32.9 Å². The molecule has 0 unspecified atom stereocenters. The van der Waals surface area contributed by atoms with E-state index in [9.17, 15) is 0 Å². The van der Waals surface area contributed by atoms with Crippen LogP contribution in [0, 0.1) is 5.92 Å². The van der Waals surface area contributed by atoms with Crippen LogP contribution in [0.15, 0.2) is 22.7 Å². The van der Waals surface area contributed by atoms with Crippen molar-refractivity contribution in [2.24, 2.45) is 5.92 Å². The highest BCUT2D eigenvalue weighted by atomic mass is 79.9. The van der Waals surface area contributed by atoms with E-state index in [-0.39, 0.29) is 0 Å². The van der Waals surface area contributed by atoms with E-state index in [2.05, 4.69) is 48.1 Å². The lowest BCUT2D eigenvalue weighted by molar-refractivity contribution is 0.0814. The normalized spacial score (nSPS) is 11.0. The predicted octanol–water partition coefficient (Wildman–Crippen LogP) is 3.61. The minimum atomic E-state index is 0.563. The largest absolute Gasteiger partial charge is 0.490 e. The monoisotopic (exact) mass is 329 g/mol. The molecule has 1 N–H and O–H groups in total. The van der Waals surface area contributed by atoms with Gasteiger partial charge in [-0.05, 0) is 34.5 Å². The van der Waals surface area contributed by atoms with Gasteiger partial charge in [0.05, 0.1) is 11.1 Å². The Morgan fingerprint density at radius 2 is 2.05 bits per heavy atom. The average Bonchev–Trinajstić information content (AvgIpc) is 2.37. The van der Waals surface area contributed by atoms with E-state index >= 15 is 0 Å². The Morgan fingerprint density at radius 1 is 1.26 bits per heavy atom. The second kappa shape index (κ2) is 9.34. The zero-order valence-corrected chi connectivity index (χ0v) is 13.6. The molecule has 0 aromatic heterocycles. The van der Waals surface area contributed by atoms with Crippen LogP contribution in [-0.4, -0.2) is 26.4 Å². The molecule has 0 spiro atoms. The maximum Gasteiger partial charge on any atom is 0.138 e. The van der Waals surface area contributed by atoms with E-state index in [1.165, 1.54) is 5.56 Å². The van der Waals surface area contributed by atoms with Crippen molar-refractivity contribution in [1.29, 1.82) is 0 Å². The van der Waals surface area contributed by atoms with Crippen molar-refractivity contribution >= 4 is 15.9 Å². The third-order valence-corrected chi connectivity index (χ3v) is 3.16. The van der Waals surface area contributed by atoms with Crippen LogP contribution in [0.3, 0.4) is 0 Å². The average molecular weight is 330 g/mol. The van der Waals surface area contributed by atoms with Crippen LogP contribution in [0.2, 0.25) is 0 Å². The number of benzene rings is 1. The number of hydrogen-bond acceptors (Lipinski definition) is 3. The molecule has 19 heavy (non-hydrogen) atoms. The van der Waals surface area contributed by atoms with Gasteiger partial charge < -0.3 is 14.8 Å². The van der Waals surface area contributed by atoms with Crippen molar-refractivity contribution in [2.75, 3.05) is 26.4 Å². The van der Waals surface area contributed by atoms with Gasteiger partial charge in [-0.25, -0.2) is 0 Å². The first kappa shape index (κ1) is 16.5. The lowest BCUT2D eigenvalue weighted by atomic mass is 10.2. The highest BCUT2D eigenvalue weighted by Gasteiger charge is 2.07. The van der Waals surface area contributed by atoms with Gasteiger partial charge in [-0.2, -0.15) is 0 Å². The molecule has 3 nitrogen and oxygen atoms in total. The number of rotatable bonds is 9. The molecule has 1 aromatic carbocycles.